The zero-order chi connectivity index (χ0) is 47.2. The molecule has 0 saturated heterocycles. The Balaban J connectivity index is 0.972. The van der Waals surface area contributed by atoms with Crippen molar-refractivity contribution < 1.29 is 66.3 Å². The molecule has 14 nitrogen and oxygen atoms in total. The third-order valence-electron chi connectivity index (χ3n) is 13.4. The number of hydrogen-bond donors (Lipinski definition) is 1. The Morgan fingerprint density at radius 1 is 0.545 bits per heavy atom. The summed E-state index contributed by atoms with van der Waals surface area (Å²) in [6.07, 6.45) is 5.90. The van der Waals surface area contributed by atoms with Crippen molar-refractivity contribution in [3.05, 3.63) is 94.0 Å². The molecule has 0 amide bonds. The number of fused-ring (bicyclic) bond motifs is 2. The third-order valence-corrected chi connectivity index (χ3v) is 13.4. The van der Waals surface area contributed by atoms with Gasteiger partial charge in [-0.3, -0.25) is 9.59 Å². The van der Waals surface area contributed by atoms with Crippen LogP contribution in [0.25, 0.3) is 0 Å². The fourth-order valence-electron chi connectivity index (χ4n) is 9.63. The lowest BCUT2D eigenvalue weighted by atomic mass is 9.86. The average Bonchev–Trinajstić information content (AvgIpc) is 3.34. The minimum absolute atomic E-state index is 0.0410. The Morgan fingerprint density at radius 3 is 1.56 bits per heavy atom. The number of esters is 2. The highest BCUT2D eigenvalue weighted by Gasteiger charge is 2.41. The zero-order valence-corrected chi connectivity index (χ0v) is 40.4. The van der Waals surface area contributed by atoms with Crippen LogP contribution in [0.4, 0.5) is 0 Å². The lowest BCUT2D eigenvalue weighted by molar-refractivity contribution is -0.940. The van der Waals surface area contributed by atoms with E-state index in [1.165, 1.54) is 27.2 Å². The lowest BCUT2D eigenvalue weighted by Crippen LogP contribution is -3.13. The van der Waals surface area contributed by atoms with Crippen LogP contribution in [-0.4, -0.2) is 120 Å². The van der Waals surface area contributed by atoms with Gasteiger partial charge in [0.05, 0.1) is 116 Å². The molecule has 1 unspecified atom stereocenters. The normalized spacial score (nSPS) is 18.5. The second-order valence-electron chi connectivity index (χ2n) is 17.3. The van der Waals surface area contributed by atoms with Gasteiger partial charge in [-0.15, -0.1) is 0 Å². The standard InChI is InChI=1S/C52H69N2O12/c1-54(23-19-38-32-48(62-7)50(64-9)34-40(38)42(54)28-36-14-16-44(58-3)46(30-36)60-5)24-20-52(56)66-26-12-10-11-25-65-51(55)18-22-53-21-17-37-31-47(61-6)49(63-8)33-39(37)41(53)27-35-13-15-43(57-2)45(29-35)59-4/h13-16,29-34,41-42H,10-12,17-28H2,1-9H3/q+1/p+1/t41-,42-,54+/m1/s1. The molecule has 358 valence electrons. The molecular weight excluding hydrogens is 845 g/mol. The molecule has 66 heavy (non-hydrogen) atoms. The number of benzene rings is 4. The van der Waals surface area contributed by atoms with Gasteiger partial charge in [-0.1, -0.05) is 12.1 Å². The van der Waals surface area contributed by atoms with Gasteiger partial charge in [-0.05, 0) is 90.0 Å². The van der Waals surface area contributed by atoms with Gasteiger partial charge in [0.2, 0.25) is 0 Å². The number of nitrogens with zero attached hydrogens (tertiary/aromatic N) is 1. The Hall–Kier alpha value is -5.86. The smallest absolute Gasteiger partial charge is 0.311 e. The van der Waals surface area contributed by atoms with Gasteiger partial charge in [0.1, 0.15) is 12.1 Å². The summed E-state index contributed by atoms with van der Waals surface area (Å²) in [5.74, 6) is 5.07. The van der Waals surface area contributed by atoms with E-state index >= 15 is 0 Å². The Bertz CT molecular complexity index is 2260. The Labute approximate surface area is 390 Å². The van der Waals surface area contributed by atoms with Crippen molar-refractivity contribution in [1.29, 1.82) is 0 Å². The van der Waals surface area contributed by atoms with Gasteiger partial charge in [-0.2, -0.15) is 0 Å². The first-order valence-electron chi connectivity index (χ1n) is 22.9. The number of unbranched alkanes of at least 4 members (excludes halogenated alkanes) is 2. The number of carbonyl (C=O) groups is 2. The van der Waals surface area contributed by atoms with E-state index in [2.05, 4.69) is 43.4 Å². The molecule has 0 aromatic heterocycles. The fourth-order valence-corrected chi connectivity index (χ4v) is 9.63. The van der Waals surface area contributed by atoms with Gasteiger partial charge in [0, 0.05) is 36.8 Å². The molecule has 2 aliphatic heterocycles. The number of likely N-dealkylation sites (N-methyl/N-ethyl adjacent to an activating group) is 1. The topological polar surface area (TPSA) is 131 Å². The number of rotatable bonds is 24. The maximum absolute atomic E-state index is 13.2. The van der Waals surface area contributed by atoms with Gasteiger partial charge in [0.15, 0.2) is 46.0 Å². The summed E-state index contributed by atoms with van der Waals surface area (Å²) in [5.41, 5.74) is 7.01. The lowest BCUT2D eigenvalue weighted by Gasteiger charge is -2.46. The summed E-state index contributed by atoms with van der Waals surface area (Å²) in [5, 5.41) is 0. The molecule has 0 bridgehead atoms. The quantitative estimate of drug-likeness (QED) is 0.0468. The summed E-state index contributed by atoms with van der Waals surface area (Å²) >= 11 is 0. The minimum Gasteiger partial charge on any atom is -0.493 e. The van der Waals surface area contributed by atoms with E-state index in [0.29, 0.717) is 102 Å². The first-order valence-corrected chi connectivity index (χ1v) is 22.9. The number of carbonyl (C=O) groups excluding carboxylic acids is 2. The molecular formula is C52H70N2O12+2. The van der Waals surface area contributed by atoms with E-state index in [1.54, 1.807) is 56.9 Å². The van der Waals surface area contributed by atoms with Crippen LogP contribution in [0.3, 0.4) is 0 Å². The highest BCUT2D eigenvalue weighted by molar-refractivity contribution is 5.69. The number of nitrogens with one attached hydrogen (secondary N) is 1. The third kappa shape index (κ3) is 11.9. The molecule has 2 heterocycles. The summed E-state index contributed by atoms with van der Waals surface area (Å²) in [6.45, 7) is 3.61. The maximum Gasteiger partial charge on any atom is 0.311 e. The molecule has 0 aliphatic carbocycles. The zero-order valence-electron chi connectivity index (χ0n) is 40.4. The number of methoxy groups -OCH3 is 8. The molecule has 6 rings (SSSR count). The number of hydrogen-bond acceptors (Lipinski definition) is 12. The van der Waals surface area contributed by atoms with Crippen LogP contribution in [0.5, 0.6) is 46.0 Å². The second-order valence-corrected chi connectivity index (χ2v) is 17.3. The maximum atomic E-state index is 13.2. The predicted octanol–water partition coefficient (Wildman–Crippen LogP) is 6.50. The Morgan fingerprint density at radius 2 is 1.02 bits per heavy atom. The van der Waals surface area contributed by atoms with E-state index < -0.39 is 0 Å². The van der Waals surface area contributed by atoms with Crippen molar-refractivity contribution >= 4 is 11.9 Å². The van der Waals surface area contributed by atoms with Crippen LogP contribution < -0.4 is 42.8 Å². The summed E-state index contributed by atoms with van der Waals surface area (Å²) in [6, 6.07) is 20.5. The first-order chi connectivity index (χ1) is 32.0. The summed E-state index contributed by atoms with van der Waals surface area (Å²) in [7, 11) is 15.4. The van der Waals surface area contributed by atoms with E-state index in [4.69, 9.17) is 47.4 Å². The van der Waals surface area contributed by atoms with E-state index in [0.717, 1.165) is 56.3 Å². The molecule has 0 radical (unpaired) electrons. The van der Waals surface area contributed by atoms with Crippen molar-refractivity contribution in [2.24, 2.45) is 0 Å². The van der Waals surface area contributed by atoms with Crippen LogP contribution >= 0.6 is 0 Å². The van der Waals surface area contributed by atoms with Gasteiger partial charge >= 0.3 is 11.9 Å². The molecule has 2 aliphatic rings. The first kappa shape index (κ1) is 49.6. The highest BCUT2D eigenvalue weighted by atomic mass is 16.5. The van der Waals surface area contributed by atoms with Crippen molar-refractivity contribution in [2.75, 3.05) is 103 Å². The van der Waals surface area contributed by atoms with Crippen LogP contribution in [-0.2, 0) is 44.7 Å². The predicted molar refractivity (Wildman–Crippen MR) is 250 cm³/mol. The molecule has 4 aromatic rings. The molecule has 4 aromatic carbocycles. The van der Waals surface area contributed by atoms with Crippen molar-refractivity contribution in [3.8, 4) is 46.0 Å². The SMILES string of the molecule is COc1ccc(C[C@@H]2c3cc(OC)c(OC)cc3CC[NH+]2CCC(=O)OCCCCCOC(=O)CC[N@+]2(C)CCc3cc(OC)c(OC)cc3[C@H]2Cc2ccc(OC)c(OC)c2)cc1OC. The largest absolute Gasteiger partial charge is 0.493 e. The van der Waals surface area contributed by atoms with Gasteiger partial charge < -0.3 is 56.8 Å². The number of ether oxygens (including phenoxy) is 10. The van der Waals surface area contributed by atoms with E-state index in [9.17, 15) is 9.59 Å². The van der Waals surface area contributed by atoms with Crippen LogP contribution in [0.2, 0.25) is 0 Å². The monoisotopic (exact) mass is 914 g/mol. The van der Waals surface area contributed by atoms with Crippen molar-refractivity contribution in [2.45, 2.75) is 69.9 Å². The summed E-state index contributed by atoms with van der Waals surface area (Å²) < 4.78 is 57.0. The Kier molecular flexibility index (Phi) is 17.7. The minimum atomic E-state index is -0.214. The fraction of sp³-hybridized carbons (Fsp3) is 0.500. The van der Waals surface area contributed by atoms with Crippen molar-refractivity contribution in [1.82, 2.24) is 0 Å². The molecule has 1 N–H and O–H groups in total. The van der Waals surface area contributed by atoms with Gasteiger partial charge in [0.25, 0.3) is 0 Å². The number of quaternary nitrogens is 2. The van der Waals surface area contributed by atoms with Crippen LogP contribution in [0.15, 0.2) is 60.7 Å². The van der Waals surface area contributed by atoms with Gasteiger partial charge in [-0.25, -0.2) is 0 Å². The van der Waals surface area contributed by atoms with Crippen LogP contribution in [0, 0.1) is 0 Å². The molecule has 4 atom stereocenters. The van der Waals surface area contributed by atoms with E-state index in [1.807, 2.05) is 24.3 Å². The molecule has 14 heteroatoms. The molecule has 0 saturated carbocycles. The highest BCUT2D eigenvalue weighted by Crippen LogP contribution is 2.43. The van der Waals surface area contributed by atoms with E-state index in [-0.39, 0.29) is 24.0 Å². The van der Waals surface area contributed by atoms with Crippen LogP contribution in [0.1, 0.15) is 77.6 Å². The molecule has 0 fully saturated rings. The average molecular weight is 915 g/mol. The molecule has 0 spiro atoms. The second kappa shape index (κ2) is 23.5. The van der Waals surface area contributed by atoms with Crippen molar-refractivity contribution in [3.63, 3.8) is 0 Å². The summed E-state index contributed by atoms with van der Waals surface area (Å²) in [4.78, 5) is 27.5.